The highest BCUT2D eigenvalue weighted by Gasteiger charge is 2.42. The Morgan fingerprint density at radius 3 is 2.72 bits per heavy atom. The summed E-state index contributed by atoms with van der Waals surface area (Å²) >= 11 is 5.76. The Labute approximate surface area is 109 Å². The van der Waals surface area contributed by atoms with Gasteiger partial charge >= 0.3 is 0 Å². The first-order valence-corrected chi connectivity index (χ1v) is 6.52. The van der Waals surface area contributed by atoms with Crippen molar-refractivity contribution < 1.29 is 8.78 Å². The molecule has 1 aliphatic carbocycles. The molecule has 2 aromatic rings. The van der Waals surface area contributed by atoms with Crippen LogP contribution in [-0.2, 0) is 12.0 Å². The minimum absolute atomic E-state index is 0.134. The first-order chi connectivity index (χ1) is 8.57. The number of alkyl halides is 1. The molecule has 96 valence electrons. The van der Waals surface area contributed by atoms with Gasteiger partial charge in [-0.3, -0.25) is 0 Å². The summed E-state index contributed by atoms with van der Waals surface area (Å²) in [5.74, 6) is -0.479. The number of hydrogen-bond donors (Lipinski definition) is 0. The van der Waals surface area contributed by atoms with Gasteiger partial charge in [0.15, 0.2) is 11.6 Å². The summed E-state index contributed by atoms with van der Waals surface area (Å²) in [6, 6.07) is 2.64. The Balaban J connectivity index is 2.33. The van der Waals surface area contributed by atoms with Crippen molar-refractivity contribution in [3.05, 3.63) is 29.6 Å². The third-order valence-corrected chi connectivity index (χ3v) is 3.80. The molecule has 1 aliphatic rings. The van der Waals surface area contributed by atoms with Crippen molar-refractivity contribution in [1.29, 1.82) is 0 Å². The van der Waals surface area contributed by atoms with Crippen LogP contribution in [-0.4, -0.2) is 15.4 Å². The molecule has 1 heterocycles. The lowest BCUT2D eigenvalue weighted by molar-refractivity contribution is 0.488. The molecular formula is C13H13ClF2N2. The second-order valence-electron chi connectivity index (χ2n) is 5.03. The van der Waals surface area contributed by atoms with Crippen LogP contribution < -0.4 is 0 Å². The summed E-state index contributed by atoms with van der Waals surface area (Å²) in [6.07, 6.45) is 2.49. The fraction of sp³-hybridized carbons (Fsp3) is 0.462. The molecule has 1 fully saturated rings. The lowest BCUT2D eigenvalue weighted by Gasteiger charge is -2.16. The summed E-state index contributed by atoms with van der Waals surface area (Å²) in [7, 11) is 0. The molecule has 0 unspecified atom stereocenters. The minimum atomic E-state index is -0.828. The summed E-state index contributed by atoms with van der Waals surface area (Å²) in [4.78, 5) is 4.38. The maximum atomic E-state index is 14.0. The van der Waals surface area contributed by atoms with Crippen molar-refractivity contribution >= 4 is 22.6 Å². The van der Waals surface area contributed by atoms with Gasteiger partial charge in [-0.15, -0.1) is 11.6 Å². The van der Waals surface area contributed by atoms with E-state index < -0.39 is 11.6 Å². The number of imidazole rings is 1. The SMILES string of the molecule is CC1(n2c(CCCl)nc3ccc(F)c(F)c32)CC1. The molecule has 0 amide bonds. The van der Waals surface area contributed by atoms with Crippen molar-refractivity contribution in [2.45, 2.75) is 31.7 Å². The van der Waals surface area contributed by atoms with Gasteiger partial charge in [-0.25, -0.2) is 13.8 Å². The third kappa shape index (κ3) is 1.62. The quantitative estimate of drug-likeness (QED) is 0.779. The molecule has 0 bridgehead atoms. The van der Waals surface area contributed by atoms with Crippen molar-refractivity contribution in [2.24, 2.45) is 0 Å². The predicted octanol–water partition coefficient (Wildman–Crippen LogP) is 3.60. The van der Waals surface area contributed by atoms with Crippen LogP contribution in [0.2, 0.25) is 0 Å². The summed E-state index contributed by atoms with van der Waals surface area (Å²) < 4.78 is 29.2. The Morgan fingerprint density at radius 1 is 1.39 bits per heavy atom. The third-order valence-electron chi connectivity index (χ3n) is 3.61. The van der Waals surface area contributed by atoms with Gasteiger partial charge < -0.3 is 4.57 Å². The highest BCUT2D eigenvalue weighted by atomic mass is 35.5. The van der Waals surface area contributed by atoms with Crippen LogP contribution in [0.15, 0.2) is 12.1 Å². The molecule has 0 aliphatic heterocycles. The zero-order valence-electron chi connectivity index (χ0n) is 10.0. The highest BCUT2D eigenvalue weighted by molar-refractivity contribution is 6.17. The molecule has 1 saturated carbocycles. The first kappa shape index (κ1) is 11.9. The topological polar surface area (TPSA) is 17.8 Å². The van der Waals surface area contributed by atoms with Crippen molar-refractivity contribution in [3.63, 3.8) is 0 Å². The minimum Gasteiger partial charge on any atom is -0.320 e. The van der Waals surface area contributed by atoms with Gasteiger partial charge in [0.25, 0.3) is 0 Å². The monoisotopic (exact) mass is 270 g/mol. The standard InChI is InChI=1S/C13H13ClF2N2/c1-13(5-6-13)18-10(4-7-14)17-9-3-2-8(15)11(16)12(9)18/h2-3H,4-7H2,1H3. The maximum absolute atomic E-state index is 14.0. The van der Waals surface area contributed by atoms with E-state index in [9.17, 15) is 8.78 Å². The molecule has 1 aromatic carbocycles. The van der Waals surface area contributed by atoms with Crippen molar-refractivity contribution in [3.8, 4) is 0 Å². The number of nitrogens with zero attached hydrogens (tertiary/aromatic N) is 2. The molecule has 3 rings (SSSR count). The van der Waals surface area contributed by atoms with Gasteiger partial charge in [0.1, 0.15) is 11.3 Å². The molecule has 2 nitrogen and oxygen atoms in total. The lowest BCUT2D eigenvalue weighted by Crippen LogP contribution is -2.17. The van der Waals surface area contributed by atoms with Gasteiger partial charge in [-0.1, -0.05) is 0 Å². The molecule has 0 saturated heterocycles. The Kier molecular flexibility index (Phi) is 2.59. The summed E-state index contributed by atoms with van der Waals surface area (Å²) in [5.41, 5.74) is 0.641. The molecule has 5 heteroatoms. The van der Waals surface area contributed by atoms with E-state index in [-0.39, 0.29) is 11.1 Å². The van der Waals surface area contributed by atoms with Gasteiger partial charge in [-0.05, 0) is 31.9 Å². The predicted molar refractivity (Wildman–Crippen MR) is 67.0 cm³/mol. The molecular weight excluding hydrogens is 258 g/mol. The van der Waals surface area contributed by atoms with Crippen LogP contribution in [0.25, 0.3) is 11.0 Å². The van der Waals surface area contributed by atoms with Crippen LogP contribution in [0.3, 0.4) is 0 Å². The van der Waals surface area contributed by atoms with E-state index in [1.54, 1.807) is 0 Å². The first-order valence-electron chi connectivity index (χ1n) is 5.98. The summed E-state index contributed by atoms with van der Waals surface area (Å²) in [6.45, 7) is 2.04. The second-order valence-corrected chi connectivity index (χ2v) is 5.41. The Hall–Kier alpha value is -1.16. The number of fused-ring (bicyclic) bond motifs is 1. The van der Waals surface area contributed by atoms with Crippen LogP contribution in [0, 0.1) is 11.6 Å². The number of benzene rings is 1. The number of aromatic nitrogens is 2. The molecule has 0 N–H and O–H groups in total. The zero-order chi connectivity index (χ0) is 12.9. The zero-order valence-corrected chi connectivity index (χ0v) is 10.8. The van der Waals surface area contributed by atoms with Crippen LogP contribution in [0.5, 0.6) is 0 Å². The second kappa shape index (κ2) is 3.92. The maximum Gasteiger partial charge on any atom is 0.184 e. The van der Waals surface area contributed by atoms with Gasteiger partial charge in [-0.2, -0.15) is 0 Å². The van der Waals surface area contributed by atoms with Crippen LogP contribution in [0.1, 0.15) is 25.6 Å². The van der Waals surface area contributed by atoms with Gasteiger partial charge in [0.05, 0.1) is 5.52 Å². The Bertz CT molecular complexity index is 617. The number of rotatable bonds is 3. The van der Waals surface area contributed by atoms with Crippen molar-refractivity contribution in [1.82, 2.24) is 9.55 Å². The normalized spacial score (nSPS) is 17.3. The smallest absolute Gasteiger partial charge is 0.184 e. The largest absolute Gasteiger partial charge is 0.320 e. The fourth-order valence-corrected chi connectivity index (χ4v) is 2.56. The Morgan fingerprint density at radius 2 is 2.11 bits per heavy atom. The van der Waals surface area contributed by atoms with E-state index >= 15 is 0 Å². The van der Waals surface area contributed by atoms with E-state index in [1.807, 2.05) is 11.5 Å². The molecule has 0 spiro atoms. The number of aryl methyl sites for hydroxylation is 1. The van der Waals surface area contributed by atoms with Crippen LogP contribution in [0.4, 0.5) is 8.78 Å². The summed E-state index contributed by atoms with van der Waals surface area (Å²) in [5, 5.41) is 0. The van der Waals surface area contributed by atoms with E-state index in [0.29, 0.717) is 17.8 Å². The van der Waals surface area contributed by atoms with Crippen LogP contribution >= 0.6 is 11.6 Å². The fourth-order valence-electron chi connectivity index (χ4n) is 2.39. The van der Waals surface area contributed by atoms with Crippen molar-refractivity contribution in [2.75, 3.05) is 5.88 Å². The average molecular weight is 271 g/mol. The van der Waals surface area contributed by atoms with Gasteiger partial charge in [0.2, 0.25) is 0 Å². The number of halogens is 3. The van der Waals surface area contributed by atoms with E-state index in [0.717, 1.165) is 24.7 Å². The average Bonchev–Trinajstić information content (AvgIpc) is 2.95. The highest BCUT2D eigenvalue weighted by Crippen LogP contribution is 2.46. The van der Waals surface area contributed by atoms with E-state index in [4.69, 9.17) is 11.6 Å². The van der Waals surface area contributed by atoms with Gasteiger partial charge in [0, 0.05) is 17.8 Å². The molecule has 0 radical (unpaired) electrons. The van der Waals surface area contributed by atoms with E-state index in [2.05, 4.69) is 4.98 Å². The molecule has 18 heavy (non-hydrogen) atoms. The lowest BCUT2D eigenvalue weighted by atomic mass is 10.2. The molecule has 0 atom stereocenters. The molecule has 1 aromatic heterocycles. The van der Waals surface area contributed by atoms with E-state index in [1.165, 1.54) is 6.07 Å². The number of hydrogen-bond acceptors (Lipinski definition) is 1.